The van der Waals surface area contributed by atoms with Crippen LogP contribution in [-0.4, -0.2) is 20.5 Å². The third-order valence-electron chi connectivity index (χ3n) is 1.73. The molecule has 0 aliphatic heterocycles. The van der Waals surface area contributed by atoms with Gasteiger partial charge in [-0.2, -0.15) is 0 Å². The SMILES string of the molecule is COc1c[nH]c(S(=O)(=O)Cl)c(C(F)F)c1=O. The van der Waals surface area contributed by atoms with Gasteiger partial charge in [0.15, 0.2) is 10.8 Å². The van der Waals surface area contributed by atoms with Crippen LogP contribution in [0.3, 0.4) is 0 Å². The van der Waals surface area contributed by atoms with E-state index in [1.165, 1.54) is 0 Å². The van der Waals surface area contributed by atoms with Crippen LogP contribution in [0, 0.1) is 0 Å². The van der Waals surface area contributed by atoms with Gasteiger partial charge in [0, 0.05) is 16.9 Å². The third-order valence-corrected chi connectivity index (χ3v) is 3.02. The first-order valence-electron chi connectivity index (χ1n) is 3.81. The first kappa shape index (κ1) is 12.9. The van der Waals surface area contributed by atoms with Crippen molar-refractivity contribution in [2.45, 2.75) is 11.5 Å². The number of rotatable bonds is 3. The molecule has 9 heteroatoms. The van der Waals surface area contributed by atoms with Gasteiger partial charge in [-0.3, -0.25) is 4.79 Å². The molecule has 1 heterocycles. The summed E-state index contributed by atoms with van der Waals surface area (Å²) in [6.07, 6.45) is -2.42. The maximum atomic E-state index is 12.5. The van der Waals surface area contributed by atoms with Gasteiger partial charge in [0.25, 0.3) is 15.5 Å². The van der Waals surface area contributed by atoms with Crippen LogP contribution < -0.4 is 10.2 Å². The number of methoxy groups -OCH3 is 1. The van der Waals surface area contributed by atoms with E-state index in [4.69, 9.17) is 10.7 Å². The Labute approximate surface area is 93.4 Å². The molecule has 0 aliphatic rings. The van der Waals surface area contributed by atoms with Gasteiger partial charge in [0.05, 0.1) is 7.11 Å². The third kappa shape index (κ3) is 2.33. The minimum atomic E-state index is -4.44. The number of nitrogens with one attached hydrogen (secondary N) is 1. The van der Waals surface area contributed by atoms with Crippen molar-refractivity contribution in [3.63, 3.8) is 0 Å². The fourth-order valence-corrected chi connectivity index (χ4v) is 2.09. The lowest BCUT2D eigenvalue weighted by atomic mass is 10.3. The minimum Gasteiger partial charge on any atom is -0.491 e. The van der Waals surface area contributed by atoms with E-state index >= 15 is 0 Å². The molecule has 0 radical (unpaired) electrons. The Hall–Kier alpha value is -1.15. The molecule has 0 aromatic carbocycles. The van der Waals surface area contributed by atoms with E-state index in [1.54, 1.807) is 0 Å². The van der Waals surface area contributed by atoms with Gasteiger partial charge in [0.2, 0.25) is 5.43 Å². The monoisotopic (exact) mass is 273 g/mol. The summed E-state index contributed by atoms with van der Waals surface area (Å²) in [6, 6.07) is 0. The Morgan fingerprint density at radius 2 is 2.06 bits per heavy atom. The highest BCUT2D eigenvalue weighted by atomic mass is 35.7. The lowest BCUT2D eigenvalue weighted by Gasteiger charge is -2.07. The van der Waals surface area contributed by atoms with Crippen LogP contribution in [0.1, 0.15) is 12.0 Å². The second-order valence-electron chi connectivity index (χ2n) is 2.67. The summed E-state index contributed by atoms with van der Waals surface area (Å²) in [5, 5.41) is -1.02. The molecule has 0 unspecified atom stereocenters. The number of ether oxygens (including phenoxy) is 1. The lowest BCUT2D eigenvalue weighted by molar-refractivity contribution is 0.145. The van der Waals surface area contributed by atoms with E-state index in [9.17, 15) is 22.0 Å². The average Bonchev–Trinajstić information content (AvgIpc) is 2.15. The molecule has 5 nitrogen and oxygen atoms in total. The largest absolute Gasteiger partial charge is 0.491 e. The molecule has 0 spiro atoms. The summed E-state index contributed by atoms with van der Waals surface area (Å²) in [4.78, 5) is 13.4. The van der Waals surface area contributed by atoms with E-state index in [0.717, 1.165) is 13.3 Å². The summed E-state index contributed by atoms with van der Waals surface area (Å²) < 4.78 is 51.4. The van der Waals surface area contributed by atoms with E-state index in [0.29, 0.717) is 0 Å². The van der Waals surface area contributed by atoms with Crippen LogP contribution in [-0.2, 0) is 9.05 Å². The van der Waals surface area contributed by atoms with Crippen LogP contribution in [0.2, 0.25) is 0 Å². The first-order chi connectivity index (χ1) is 7.29. The highest BCUT2D eigenvalue weighted by Gasteiger charge is 2.27. The van der Waals surface area contributed by atoms with Crippen molar-refractivity contribution in [1.82, 2.24) is 4.98 Å². The second kappa shape index (κ2) is 4.38. The molecule has 1 aromatic heterocycles. The first-order valence-corrected chi connectivity index (χ1v) is 6.12. The van der Waals surface area contributed by atoms with E-state index in [-0.39, 0.29) is 0 Å². The summed E-state index contributed by atoms with van der Waals surface area (Å²) in [5.74, 6) is -0.417. The summed E-state index contributed by atoms with van der Waals surface area (Å²) in [7, 11) is 1.55. The molecular weight excluding hydrogens is 268 g/mol. The molecule has 0 bridgehead atoms. The Morgan fingerprint density at radius 1 is 1.50 bits per heavy atom. The number of halogens is 3. The smallest absolute Gasteiger partial charge is 0.277 e. The predicted octanol–water partition coefficient (Wildman–Crippen LogP) is 1.25. The predicted molar refractivity (Wildman–Crippen MR) is 51.6 cm³/mol. The average molecular weight is 274 g/mol. The number of hydrogen-bond acceptors (Lipinski definition) is 4. The molecule has 0 fully saturated rings. The molecule has 0 atom stereocenters. The fraction of sp³-hybridized carbons (Fsp3) is 0.286. The van der Waals surface area contributed by atoms with E-state index < -0.39 is 37.2 Å². The van der Waals surface area contributed by atoms with Gasteiger partial charge in [-0.25, -0.2) is 17.2 Å². The molecule has 1 N–H and O–H groups in total. The number of alkyl halides is 2. The van der Waals surface area contributed by atoms with Crippen LogP contribution in [0.5, 0.6) is 5.75 Å². The van der Waals surface area contributed by atoms with Crippen molar-refractivity contribution >= 4 is 19.7 Å². The lowest BCUT2D eigenvalue weighted by Crippen LogP contribution is -2.17. The van der Waals surface area contributed by atoms with Crippen molar-refractivity contribution in [2.24, 2.45) is 0 Å². The quantitative estimate of drug-likeness (QED) is 0.841. The Balaban J connectivity index is 3.67. The van der Waals surface area contributed by atoms with Crippen LogP contribution in [0.25, 0.3) is 0 Å². The molecule has 16 heavy (non-hydrogen) atoms. The van der Waals surface area contributed by atoms with E-state index in [1.807, 2.05) is 4.98 Å². The highest BCUT2D eigenvalue weighted by Crippen LogP contribution is 2.25. The van der Waals surface area contributed by atoms with Crippen LogP contribution >= 0.6 is 10.7 Å². The van der Waals surface area contributed by atoms with Gasteiger partial charge >= 0.3 is 0 Å². The van der Waals surface area contributed by atoms with Crippen LogP contribution in [0.4, 0.5) is 8.78 Å². The van der Waals surface area contributed by atoms with E-state index in [2.05, 4.69) is 4.74 Å². The van der Waals surface area contributed by atoms with Crippen LogP contribution in [0.15, 0.2) is 16.0 Å². The van der Waals surface area contributed by atoms with Crippen molar-refractivity contribution < 1.29 is 21.9 Å². The second-order valence-corrected chi connectivity index (χ2v) is 5.17. The number of hydrogen-bond donors (Lipinski definition) is 1. The Bertz CT molecular complexity index is 554. The molecule has 1 rings (SSSR count). The Morgan fingerprint density at radius 3 is 2.44 bits per heavy atom. The molecule has 1 aromatic rings. The number of aromatic nitrogens is 1. The van der Waals surface area contributed by atoms with Gasteiger partial charge < -0.3 is 9.72 Å². The number of aromatic amines is 1. The zero-order chi connectivity index (χ0) is 12.5. The minimum absolute atomic E-state index is 0.417. The zero-order valence-electron chi connectivity index (χ0n) is 7.83. The van der Waals surface area contributed by atoms with Crippen molar-refractivity contribution in [3.05, 3.63) is 22.0 Å². The standard InChI is InChI=1S/C7H6ClF2NO4S/c1-15-3-2-11-7(16(8,13)14)4(5(3)12)6(9)10/h2,6H,1H3,(H,11,12). The normalized spacial score (nSPS) is 11.8. The molecule has 0 saturated carbocycles. The molecule has 0 aliphatic carbocycles. The van der Waals surface area contributed by atoms with Crippen molar-refractivity contribution in [2.75, 3.05) is 7.11 Å². The summed E-state index contributed by atoms with van der Waals surface area (Å²) >= 11 is 0. The number of pyridine rings is 1. The molecular formula is C7H6ClF2NO4S. The fourth-order valence-electron chi connectivity index (χ4n) is 1.06. The number of H-pyrrole nitrogens is 1. The van der Waals surface area contributed by atoms with Crippen molar-refractivity contribution in [1.29, 1.82) is 0 Å². The van der Waals surface area contributed by atoms with Crippen molar-refractivity contribution in [3.8, 4) is 5.75 Å². The highest BCUT2D eigenvalue weighted by molar-refractivity contribution is 8.13. The summed E-state index contributed by atoms with van der Waals surface area (Å²) in [6.45, 7) is 0. The topological polar surface area (TPSA) is 76.2 Å². The molecule has 0 saturated heterocycles. The molecule has 90 valence electrons. The van der Waals surface area contributed by atoms with Gasteiger partial charge in [-0.15, -0.1) is 0 Å². The van der Waals surface area contributed by atoms with Gasteiger partial charge in [-0.05, 0) is 0 Å². The zero-order valence-corrected chi connectivity index (χ0v) is 9.40. The summed E-state index contributed by atoms with van der Waals surface area (Å²) in [5.41, 5.74) is -2.44. The molecule has 0 amide bonds. The maximum absolute atomic E-state index is 12.5. The van der Waals surface area contributed by atoms with Gasteiger partial charge in [-0.1, -0.05) is 0 Å². The maximum Gasteiger partial charge on any atom is 0.277 e. The Kier molecular flexibility index (Phi) is 3.54. The van der Waals surface area contributed by atoms with Gasteiger partial charge in [0.1, 0.15) is 5.56 Å².